The van der Waals surface area contributed by atoms with Crippen molar-refractivity contribution in [2.24, 2.45) is 0 Å². The van der Waals surface area contributed by atoms with E-state index in [9.17, 15) is 5.11 Å². The Morgan fingerprint density at radius 2 is 1.62 bits per heavy atom. The number of fused-ring (bicyclic) bond motifs is 1. The Balaban J connectivity index is 1.72. The van der Waals surface area contributed by atoms with Crippen LogP contribution in [0.3, 0.4) is 0 Å². The minimum atomic E-state index is -0.520. The van der Waals surface area contributed by atoms with E-state index in [1.165, 1.54) is 5.56 Å². The second-order valence-corrected chi connectivity index (χ2v) is 6.47. The Hall–Kier alpha value is -2.29. The highest BCUT2D eigenvalue weighted by molar-refractivity contribution is 6.30. The molecule has 0 saturated heterocycles. The first kappa shape index (κ1) is 15.3. The van der Waals surface area contributed by atoms with Gasteiger partial charge in [-0.2, -0.15) is 0 Å². The molecule has 0 fully saturated rings. The molecule has 0 aromatic heterocycles. The second-order valence-electron chi connectivity index (χ2n) is 6.03. The molecule has 4 rings (SSSR count). The number of hydrogen-bond acceptors (Lipinski definition) is 2. The maximum absolute atomic E-state index is 10.6. The van der Waals surface area contributed by atoms with E-state index in [4.69, 9.17) is 16.3 Å². The smallest absolute Gasteiger partial charge is 0.133 e. The first-order chi connectivity index (χ1) is 11.7. The molecule has 0 aliphatic heterocycles. The normalized spacial score (nSPS) is 19.1. The van der Waals surface area contributed by atoms with Gasteiger partial charge in [0.15, 0.2) is 0 Å². The molecule has 0 amide bonds. The first-order valence-corrected chi connectivity index (χ1v) is 8.39. The monoisotopic (exact) mass is 336 g/mol. The van der Waals surface area contributed by atoms with Crippen molar-refractivity contribution in [3.63, 3.8) is 0 Å². The third-order valence-corrected chi connectivity index (χ3v) is 4.76. The number of benzene rings is 3. The summed E-state index contributed by atoms with van der Waals surface area (Å²) < 4.78 is 6.01. The number of ether oxygens (including phenoxy) is 1. The predicted octanol–water partition coefficient (Wildman–Crippen LogP) is 5.70. The Kier molecular flexibility index (Phi) is 4.01. The van der Waals surface area contributed by atoms with Crippen molar-refractivity contribution < 1.29 is 9.84 Å². The van der Waals surface area contributed by atoms with Gasteiger partial charge < -0.3 is 9.84 Å². The topological polar surface area (TPSA) is 29.5 Å². The Labute approximate surface area is 146 Å². The lowest BCUT2D eigenvalue weighted by molar-refractivity contribution is 0.173. The number of rotatable bonds is 3. The molecule has 0 bridgehead atoms. The van der Waals surface area contributed by atoms with Crippen LogP contribution >= 0.6 is 11.6 Å². The van der Waals surface area contributed by atoms with E-state index >= 15 is 0 Å². The summed E-state index contributed by atoms with van der Waals surface area (Å²) in [6.07, 6.45) is 0.161. The van der Waals surface area contributed by atoms with Crippen LogP contribution in [0, 0.1) is 0 Å². The van der Waals surface area contributed by atoms with Gasteiger partial charge in [0.25, 0.3) is 0 Å². The fourth-order valence-electron chi connectivity index (χ4n) is 3.41. The van der Waals surface area contributed by atoms with Crippen LogP contribution in [-0.2, 0) is 0 Å². The lowest BCUT2D eigenvalue weighted by Crippen LogP contribution is -1.96. The van der Waals surface area contributed by atoms with Crippen LogP contribution in [0.15, 0.2) is 72.8 Å². The number of aliphatic hydroxyl groups is 1. The van der Waals surface area contributed by atoms with Crippen molar-refractivity contribution in [2.75, 3.05) is 0 Å². The molecule has 24 heavy (non-hydrogen) atoms. The van der Waals surface area contributed by atoms with Gasteiger partial charge in [-0.15, -0.1) is 0 Å². The van der Waals surface area contributed by atoms with E-state index in [-0.39, 0.29) is 5.92 Å². The van der Waals surface area contributed by atoms with Crippen LogP contribution in [0.5, 0.6) is 11.5 Å². The van der Waals surface area contributed by atoms with E-state index in [2.05, 4.69) is 18.2 Å². The van der Waals surface area contributed by atoms with Crippen molar-refractivity contribution in [1.82, 2.24) is 0 Å². The van der Waals surface area contributed by atoms with Crippen LogP contribution < -0.4 is 4.74 Å². The summed E-state index contributed by atoms with van der Waals surface area (Å²) in [5.74, 6) is 1.62. The van der Waals surface area contributed by atoms with Gasteiger partial charge in [0.1, 0.15) is 11.5 Å². The van der Waals surface area contributed by atoms with Crippen molar-refractivity contribution in [3.05, 3.63) is 94.5 Å². The van der Waals surface area contributed by atoms with E-state index in [1.807, 2.05) is 42.5 Å². The lowest BCUT2D eigenvalue weighted by atomic mass is 9.93. The zero-order valence-electron chi connectivity index (χ0n) is 13.0. The zero-order chi connectivity index (χ0) is 16.5. The molecule has 1 aliphatic rings. The minimum Gasteiger partial charge on any atom is -0.457 e. The fraction of sp³-hybridized carbons (Fsp3) is 0.143. The summed E-state index contributed by atoms with van der Waals surface area (Å²) >= 11 is 5.92. The molecular formula is C21H17ClO2. The van der Waals surface area contributed by atoms with Crippen molar-refractivity contribution in [3.8, 4) is 11.5 Å². The molecule has 3 heteroatoms. The molecule has 0 unspecified atom stereocenters. The maximum Gasteiger partial charge on any atom is 0.133 e. The predicted molar refractivity (Wildman–Crippen MR) is 95.8 cm³/mol. The molecule has 3 aromatic rings. The maximum atomic E-state index is 10.6. The largest absolute Gasteiger partial charge is 0.457 e. The van der Waals surface area contributed by atoms with Crippen LogP contribution in [0.2, 0.25) is 5.02 Å². The zero-order valence-corrected chi connectivity index (χ0v) is 13.8. The SMILES string of the molecule is O[C@@H]1C[C@H](c2ccccc2)c2cccc(Oc3ccc(Cl)cc3)c21. The van der Waals surface area contributed by atoms with E-state index in [0.29, 0.717) is 22.9 Å². The Bertz CT molecular complexity index is 843. The van der Waals surface area contributed by atoms with Crippen LogP contribution in [0.4, 0.5) is 0 Å². The van der Waals surface area contributed by atoms with Crippen molar-refractivity contribution in [2.45, 2.75) is 18.4 Å². The van der Waals surface area contributed by atoms with Crippen LogP contribution in [0.25, 0.3) is 0 Å². The summed E-state index contributed by atoms with van der Waals surface area (Å²) in [7, 11) is 0. The molecule has 3 aromatic carbocycles. The number of hydrogen-bond donors (Lipinski definition) is 1. The average molecular weight is 337 g/mol. The fourth-order valence-corrected chi connectivity index (χ4v) is 3.54. The van der Waals surface area contributed by atoms with E-state index < -0.39 is 6.10 Å². The molecule has 0 saturated carbocycles. The van der Waals surface area contributed by atoms with Crippen LogP contribution in [-0.4, -0.2) is 5.11 Å². The van der Waals surface area contributed by atoms with Gasteiger partial charge >= 0.3 is 0 Å². The molecule has 2 atom stereocenters. The third kappa shape index (κ3) is 2.79. The minimum absolute atomic E-state index is 0.199. The lowest BCUT2D eigenvalue weighted by Gasteiger charge is -2.14. The summed E-state index contributed by atoms with van der Waals surface area (Å²) in [5.41, 5.74) is 3.25. The van der Waals surface area contributed by atoms with Crippen molar-refractivity contribution in [1.29, 1.82) is 0 Å². The Morgan fingerprint density at radius 1 is 0.875 bits per heavy atom. The van der Waals surface area contributed by atoms with Crippen molar-refractivity contribution >= 4 is 11.6 Å². The molecule has 0 heterocycles. The number of halogens is 1. The summed E-state index contributed by atoms with van der Waals surface area (Å²) in [4.78, 5) is 0. The second kappa shape index (κ2) is 6.31. The molecular weight excluding hydrogens is 320 g/mol. The summed E-state index contributed by atoms with van der Waals surface area (Å²) in [6, 6.07) is 23.5. The van der Waals surface area contributed by atoms with E-state index in [1.54, 1.807) is 12.1 Å². The first-order valence-electron chi connectivity index (χ1n) is 8.01. The van der Waals surface area contributed by atoms with E-state index in [0.717, 1.165) is 11.1 Å². The molecule has 1 aliphatic carbocycles. The quantitative estimate of drug-likeness (QED) is 0.664. The molecule has 0 radical (unpaired) electrons. The number of aliphatic hydroxyl groups excluding tert-OH is 1. The highest BCUT2D eigenvalue weighted by Crippen LogP contribution is 2.48. The molecule has 2 nitrogen and oxygen atoms in total. The molecule has 1 N–H and O–H groups in total. The average Bonchev–Trinajstić information content (AvgIpc) is 2.96. The van der Waals surface area contributed by atoms with Gasteiger partial charge in [-0.05, 0) is 47.9 Å². The highest BCUT2D eigenvalue weighted by Gasteiger charge is 2.33. The summed E-state index contributed by atoms with van der Waals surface area (Å²) in [5, 5.41) is 11.3. The molecule has 120 valence electrons. The highest BCUT2D eigenvalue weighted by atomic mass is 35.5. The van der Waals surface area contributed by atoms with Gasteiger partial charge in [0.05, 0.1) is 6.10 Å². The molecule has 0 spiro atoms. The van der Waals surface area contributed by atoms with Gasteiger partial charge in [-0.25, -0.2) is 0 Å². The van der Waals surface area contributed by atoms with Gasteiger partial charge in [-0.3, -0.25) is 0 Å². The summed E-state index contributed by atoms with van der Waals surface area (Å²) in [6.45, 7) is 0. The Morgan fingerprint density at radius 3 is 2.38 bits per heavy atom. The third-order valence-electron chi connectivity index (χ3n) is 4.51. The standard InChI is InChI=1S/C21H17ClO2/c22-15-9-11-16(12-10-15)24-20-8-4-7-17-18(13-19(23)21(17)20)14-5-2-1-3-6-14/h1-12,18-19,23H,13H2/t18-,19-/m1/s1. The van der Waals surface area contributed by atoms with Crippen LogP contribution in [0.1, 0.15) is 35.1 Å². The van der Waals surface area contributed by atoms with Gasteiger partial charge in [0, 0.05) is 16.5 Å². The van der Waals surface area contributed by atoms with Gasteiger partial charge in [0.2, 0.25) is 0 Å². The van der Waals surface area contributed by atoms with Gasteiger partial charge in [-0.1, -0.05) is 54.1 Å².